The number of nitrogens with one attached hydrogen (secondary N) is 1. The van der Waals surface area contributed by atoms with Gasteiger partial charge in [0, 0.05) is 25.5 Å². The number of ether oxygens (including phenoxy) is 1. The van der Waals surface area contributed by atoms with Crippen LogP contribution in [0, 0.1) is 0 Å². The van der Waals surface area contributed by atoms with E-state index in [2.05, 4.69) is 5.32 Å². The Morgan fingerprint density at radius 3 is 2.24 bits per heavy atom. The molecule has 114 valence electrons. The number of benzene rings is 1. The average molecular weight is 291 g/mol. The summed E-state index contributed by atoms with van der Waals surface area (Å²) < 4.78 is 5.17. The topological polar surface area (TPSA) is 72.5 Å². The van der Waals surface area contributed by atoms with Crippen LogP contribution < -0.4 is 10.1 Å². The third-order valence-corrected chi connectivity index (χ3v) is 2.92. The van der Waals surface area contributed by atoms with E-state index in [-0.39, 0.29) is 17.7 Å². The number of Topliss-reactive ketones (excluding diaryl/α,β-unsaturated/α-hetero) is 1. The van der Waals surface area contributed by atoms with Crippen LogP contribution in [0.3, 0.4) is 0 Å². The first kappa shape index (κ1) is 16.9. The Balaban J connectivity index is 2.21. The molecular formula is C16H21NO4. The van der Waals surface area contributed by atoms with Gasteiger partial charge in [-0.25, -0.2) is 0 Å². The predicted molar refractivity (Wildman–Crippen MR) is 79.2 cm³/mol. The van der Waals surface area contributed by atoms with Crippen LogP contribution in [0.5, 0.6) is 5.75 Å². The van der Waals surface area contributed by atoms with E-state index in [0.29, 0.717) is 24.3 Å². The summed E-state index contributed by atoms with van der Waals surface area (Å²) in [6, 6.07) is 6.51. The van der Waals surface area contributed by atoms with Crippen LogP contribution in [0.15, 0.2) is 24.3 Å². The van der Waals surface area contributed by atoms with E-state index in [1.807, 2.05) is 0 Å². The Hall–Kier alpha value is -2.17. The molecule has 0 aliphatic rings. The third kappa shape index (κ3) is 7.25. The van der Waals surface area contributed by atoms with Gasteiger partial charge in [-0.1, -0.05) is 6.42 Å². The molecule has 0 aliphatic heterocycles. The molecule has 0 atom stereocenters. The molecule has 0 radical (unpaired) electrons. The van der Waals surface area contributed by atoms with E-state index in [9.17, 15) is 14.4 Å². The predicted octanol–water partition coefficient (Wildman–Crippen LogP) is 2.49. The largest absolute Gasteiger partial charge is 0.427 e. The summed E-state index contributed by atoms with van der Waals surface area (Å²) in [6.45, 7) is 3.60. The van der Waals surface area contributed by atoms with Gasteiger partial charge < -0.3 is 10.1 Å². The van der Waals surface area contributed by atoms with Crippen molar-refractivity contribution in [1.29, 1.82) is 0 Å². The van der Waals surface area contributed by atoms with Crippen molar-refractivity contribution in [2.75, 3.05) is 6.54 Å². The Morgan fingerprint density at radius 1 is 1.00 bits per heavy atom. The second-order valence-corrected chi connectivity index (χ2v) is 4.85. The first-order valence-corrected chi connectivity index (χ1v) is 7.05. The number of amides is 1. The van der Waals surface area contributed by atoms with E-state index in [1.54, 1.807) is 24.3 Å². The SMILES string of the molecule is CC(=O)NCCCCCC(=O)Oc1ccc(C(C)=O)cc1. The van der Waals surface area contributed by atoms with Crippen molar-refractivity contribution in [2.45, 2.75) is 39.5 Å². The summed E-state index contributed by atoms with van der Waals surface area (Å²) in [5.74, 6) is 0.101. The highest BCUT2D eigenvalue weighted by Gasteiger charge is 2.05. The molecule has 0 saturated carbocycles. The highest BCUT2D eigenvalue weighted by Crippen LogP contribution is 2.14. The molecule has 5 nitrogen and oxygen atoms in total. The van der Waals surface area contributed by atoms with Gasteiger partial charge in [0.1, 0.15) is 5.75 Å². The molecule has 1 aromatic carbocycles. The molecular weight excluding hydrogens is 270 g/mol. The number of hydrogen-bond donors (Lipinski definition) is 1. The summed E-state index contributed by atoms with van der Waals surface area (Å²) in [6.07, 6.45) is 2.78. The van der Waals surface area contributed by atoms with Crippen molar-refractivity contribution in [1.82, 2.24) is 5.32 Å². The number of esters is 1. The number of ketones is 1. The van der Waals surface area contributed by atoms with E-state index in [1.165, 1.54) is 13.8 Å². The minimum Gasteiger partial charge on any atom is -0.427 e. The number of carbonyl (C=O) groups excluding carboxylic acids is 3. The third-order valence-electron chi connectivity index (χ3n) is 2.92. The van der Waals surface area contributed by atoms with Gasteiger partial charge >= 0.3 is 5.97 Å². The number of carbonyl (C=O) groups is 3. The zero-order valence-electron chi connectivity index (χ0n) is 12.5. The van der Waals surface area contributed by atoms with Gasteiger partial charge in [-0.05, 0) is 44.0 Å². The smallest absolute Gasteiger partial charge is 0.311 e. The van der Waals surface area contributed by atoms with E-state index in [4.69, 9.17) is 4.74 Å². The molecule has 0 spiro atoms. The van der Waals surface area contributed by atoms with Gasteiger partial charge in [-0.15, -0.1) is 0 Å². The second-order valence-electron chi connectivity index (χ2n) is 4.85. The molecule has 1 amide bonds. The lowest BCUT2D eigenvalue weighted by Gasteiger charge is -2.05. The van der Waals surface area contributed by atoms with Crippen molar-refractivity contribution in [3.05, 3.63) is 29.8 Å². The lowest BCUT2D eigenvalue weighted by Crippen LogP contribution is -2.20. The van der Waals surface area contributed by atoms with Crippen molar-refractivity contribution in [3.8, 4) is 5.75 Å². The zero-order chi connectivity index (χ0) is 15.7. The van der Waals surface area contributed by atoms with Crippen molar-refractivity contribution in [2.24, 2.45) is 0 Å². The number of rotatable bonds is 8. The van der Waals surface area contributed by atoms with Crippen molar-refractivity contribution < 1.29 is 19.1 Å². The first-order valence-electron chi connectivity index (χ1n) is 7.05. The fourth-order valence-electron chi connectivity index (χ4n) is 1.78. The Kier molecular flexibility index (Phi) is 7.15. The minimum absolute atomic E-state index is 0.0213. The Labute approximate surface area is 124 Å². The van der Waals surface area contributed by atoms with E-state index >= 15 is 0 Å². The summed E-state index contributed by atoms with van der Waals surface area (Å²) >= 11 is 0. The summed E-state index contributed by atoms with van der Waals surface area (Å²) in [5, 5.41) is 2.71. The van der Waals surface area contributed by atoms with Crippen LogP contribution in [0.4, 0.5) is 0 Å². The maximum atomic E-state index is 11.6. The molecule has 0 heterocycles. The normalized spacial score (nSPS) is 10.0. The number of unbranched alkanes of at least 4 members (excludes halogenated alkanes) is 2. The second kappa shape index (κ2) is 8.89. The Morgan fingerprint density at radius 2 is 1.67 bits per heavy atom. The summed E-state index contributed by atoms with van der Waals surface area (Å²) in [5.41, 5.74) is 0.591. The maximum absolute atomic E-state index is 11.6. The van der Waals surface area contributed by atoms with Crippen molar-refractivity contribution in [3.63, 3.8) is 0 Å². The molecule has 21 heavy (non-hydrogen) atoms. The highest BCUT2D eigenvalue weighted by atomic mass is 16.5. The maximum Gasteiger partial charge on any atom is 0.311 e. The fraction of sp³-hybridized carbons (Fsp3) is 0.438. The standard InChI is InChI=1S/C16H21NO4/c1-12(18)14-7-9-15(10-8-14)21-16(20)6-4-3-5-11-17-13(2)19/h7-10H,3-6,11H2,1-2H3,(H,17,19). The van der Waals surface area contributed by atoms with Crippen LogP contribution in [-0.2, 0) is 9.59 Å². The summed E-state index contributed by atoms with van der Waals surface area (Å²) in [7, 11) is 0. The lowest BCUT2D eigenvalue weighted by atomic mass is 10.1. The van der Waals surface area contributed by atoms with Gasteiger partial charge in [0.2, 0.25) is 5.91 Å². The first-order chi connectivity index (χ1) is 9.99. The Bertz CT molecular complexity index is 494. The number of hydrogen-bond acceptors (Lipinski definition) is 4. The summed E-state index contributed by atoms with van der Waals surface area (Å²) in [4.78, 5) is 33.4. The molecule has 0 aliphatic carbocycles. The average Bonchev–Trinajstić information content (AvgIpc) is 2.43. The molecule has 0 saturated heterocycles. The minimum atomic E-state index is -0.287. The molecule has 1 rings (SSSR count). The highest BCUT2D eigenvalue weighted by molar-refractivity contribution is 5.94. The van der Waals surface area contributed by atoms with Crippen LogP contribution in [0.2, 0.25) is 0 Å². The van der Waals surface area contributed by atoms with Crippen LogP contribution >= 0.6 is 0 Å². The van der Waals surface area contributed by atoms with Gasteiger partial charge in [0.15, 0.2) is 5.78 Å². The monoisotopic (exact) mass is 291 g/mol. The molecule has 0 fully saturated rings. The van der Waals surface area contributed by atoms with Crippen LogP contribution in [0.1, 0.15) is 49.9 Å². The van der Waals surface area contributed by atoms with Gasteiger partial charge in [-0.2, -0.15) is 0 Å². The van der Waals surface area contributed by atoms with Crippen LogP contribution in [0.25, 0.3) is 0 Å². The van der Waals surface area contributed by atoms with E-state index < -0.39 is 0 Å². The zero-order valence-corrected chi connectivity index (χ0v) is 12.5. The van der Waals surface area contributed by atoms with Crippen LogP contribution in [-0.4, -0.2) is 24.2 Å². The lowest BCUT2D eigenvalue weighted by molar-refractivity contribution is -0.134. The molecule has 5 heteroatoms. The van der Waals surface area contributed by atoms with Gasteiger partial charge in [0.05, 0.1) is 0 Å². The van der Waals surface area contributed by atoms with E-state index in [0.717, 1.165) is 19.3 Å². The quantitative estimate of drug-likeness (QED) is 0.346. The molecule has 1 aromatic rings. The molecule has 0 bridgehead atoms. The molecule has 1 N–H and O–H groups in total. The van der Waals surface area contributed by atoms with Gasteiger partial charge in [0.25, 0.3) is 0 Å². The van der Waals surface area contributed by atoms with Gasteiger partial charge in [-0.3, -0.25) is 14.4 Å². The fourth-order valence-corrected chi connectivity index (χ4v) is 1.78. The molecule has 0 aromatic heterocycles. The molecule has 0 unspecified atom stereocenters. The van der Waals surface area contributed by atoms with Crippen molar-refractivity contribution >= 4 is 17.7 Å².